The number of nitrogens with zero attached hydrogens (tertiary/aromatic N) is 4. The molecule has 0 N–H and O–H groups in total. The van der Waals surface area contributed by atoms with Crippen molar-refractivity contribution in [3.63, 3.8) is 0 Å². The second kappa shape index (κ2) is 6.08. The molecule has 0 aliphatic carbocycles. The van der Waals surface area contributed by atoms with Crippen molar-refractivity contribution in [3.05, 3.63) is 90.8 Å². The largest absolute Gasteiger partial charge is 0.255 e. The quantitative estimate of drug-likeness (QED) is 0.449. The summed E-state index contributed by atoms with van der Waals surface area (Å²) in [4.78, 5) is 4.45. The molecule has 0 bridgehead atoms. The first kappa shape index (κ1) is 14.8. The van der Waals surface area contributed by atoms with Crippen molar-refractivity contribution in [1.29, 1.82) is 0 Å². The zero-order valence-corrected chi connectivity index (χ0v) is 14.1. The zero-order valence-electron chi connectivity index (χ0n) is 14.1. The molecular formula is C22H16N4. The second-order valence-corrected chi connectivity index (χ2v) is 6.29. The van der Waals surface area contributed by atoms with Gasteiger partial charge in [-0.1, -0.05) is 59.8 Å². The van der Waals surface area contributed by atoms with E-state index in [0.29, 0.717) is 6.54 Å². The fourth-order valence-corrected chi connectivity index (χ4v) is 3.52. The Morgan fingerprint density at radius 3 is 2.15 bits per heavy atom. The van der Waals surface area contributed by atoms with Crippen molar-refractivity contribution in [1.82, 2.24) is 20.0 Å². The Kier molecular flexibility index (Phi) is 3.46. The van der Waals surface area contributed by atoms with Gasteiger partial charge in [0.05, 0.1) is 18.4 Å². The topological polar surface area (TPSA) is 43.6 Å². The maximum atomic E-state index is 4.45. The highest BCUT2D eigenvalue weighted by atomic mass is 15.4. The van der Waals surface area contributed by atoms with Gasteiger partial charge in [0.1, 0.15) is 5.69 Å². The lowest BCUT2D eigenvalue weighted by molar-refractivity contribution is 0.659. The molecule has 26 heavy (non-hydrogen) atoms. The third kappa shape index (κ3) is 2.43. The van der Waals surface area contributed by atoms with Crippen molar-refractivity contribution in [2.75, 3.05) is 0 Å². The summed E-state index contributed by atoms with van der Waals surface area (Å²) in [7, 11) is 0. The molecule has 0 saturated heterocycles. The number of hydrogen-bond acceptors (Lipinski definition) is 3. The molecule has 0 fully saturated rings. The minimum atomic E-state index is 0.647. The molecule has 0 amide bonds. The van der Waals surface area contributed by atoms with Crippen LogP contribution < -0.4 is 0 Å². The summed E-state index contributed by atoms with van der Waals surface area (Å²) in [6.07, 6.45) is 3.57. The number of rotatable bonds is 3. The van der Waals surface area contributed by atoms with E-state index in [0.717, 1.165) is 11.4 Å². The molecule has 0 spiro atoms. The highest BCUT2D eigenvalue weighted by molar-refractivity contribution is 6.02. The Morgan fingerprint density at radius 2 is 1.46 bits per heavy atom. The number of aromatic nitrogens is 4. The molecule has 0 aliphatic rings. The molecule has 4 nitrogen and oxygen atoms in total. The Morgan fingerprint density at radius 1 is 0.769 bits per heavy atom. The first-order valence-corrected chi connectivity index (χ1v) is 8.59. The fraction of sp³-hybridized carbons (Fsp3) is 0.0455. The Labute approximate surface area is 150 Å². The van der Waals surface area contributed by atoms with Gasteiger partial charge in [-0.25, -0.2) is 4.68 Å². The van der Waals surface area contributed by atoms with Gasteiger partial charge in [-0.15, -0.1) is 5.10 Å². The number of benzene rings is 3. The van der Waals surface area contributed by atoms with E-state index in [1.165, 1.54) is 27.1 Å². The molecule has 4 heteroatoms. The van der Waals surface area contributed by atoms with Crippen molar-refractivity contribution in [3.8, 4) is 11.4 Å². The van der Waals surface area contributed by atoms with Crippen LogP contribution in [-0.2, 0) is 6.54 Å². The lowest BCUT2D eigenvalue weighted by Gasteiger charge is -2.13. The monoisotopic (exact) mass is 336 g/mol. The summed E-state index contributed by atoms with van der Waals surface area (Å²) in [5, 5.41) is 13.4. The second-order valence-electron chi connectivity index (χ2n) is 6.29. The molecule has 0 saturated carbocycles. The third-order valence-corrected chi connectivity index (χ3v) is 4.74. The van der Waals surface area contributed by atoms with Crippen LogP contribution in [0, 0.1) is 0 Å². The average molecular weight is 336 g/mol. The fourth-order valence-electron chi connectivity index (χ4n) is 3.52. The molecule has 124 valence electrons. The standard InChI is InChI=1S/C22H16N4/c1-3-9-18-16(7-1)13-17-8-2-4-10-19(17)20(18)15-26-22(14-24-25-26)21-11-5-6-12-23-21/h1-14H,15H2. The number of hydrogen-bond donors (Lipinski definition) is 0. The van der Waals surface area contributed by atoms with Gasteiger partial charge in [0.2, 0.25) is 0 Å². The van der Waals surface area contributed by atoms with Gasteiger partial charge >= 0.3 is 0 Å². The van der Waals surface area contributed by atoms with E-state index < -0.39 is 0 Å². The van der Waals surface area contributed by atoms with Crippen molar-refractivity contribution >= 4 is 21.5 Å². The Balaban J connectivity index is 1.72. The normalized spacial score (nSPS) is 11.2. The van der Waals surface area contributed by atoms with Crippen LogP contribution in [0.15, 0.2) is 85.2 Å². The average Bonchev–Trinajstić information content (AvgIpc) is 3.17. The maximum Gasteiger partial charge on any atom is 0.107 e. The van der Waals surface area contributed by atoms with E-state index in [1.54, 1.807) is 12.4 Å². The number of fused-ring (bicyclic) bond motifs is 2. The molecule has 2 aromatic heterocycles. The van der Waals surface area contributed by atoms with E-state index >= 15 is 0 Å². The van der Waals surface area contributed by atoms with Crippen molar-refractivity contribution in [2.45, 2.75) is 6.54 Å². The van der Waals surface area contributed by atoms with Crippen LogP contribution in [0.2, 0.25) is 0 Å². The summed E-state index contributed by atoms with van der Waals surface area (Å²) in [6, 6.07) is 25.1. The van der Waals surface area contributed by atoms with Crippen LogP contribution in [0.3, 0.4) is 0 Å². The molecule has 0 radical (unpaired) electrons. The summed E-state index contributed by atoms with van der Waals surface area (Å²) >= 11 is 0. The molecule has 5 rings (SSSR count). The van der Waals surface area contributed by atoms with Gasteiger partial charge in [0.15, 0.2) is 0 Å². The lowest BCUT2D eigenvalue weighted by atomic mass is 9.97. The van der Waals surface area contributed by atoms with E-state index in [-0.39, 0.29) is 0 Å². The van der Waals surface area contributed by atoms with Gasteiger partial charge in [-0.2, -0.15) is 0 Å². The van der Waals surface area contributed by atoms with Crippen molar-refractivity contribution in [2.24, 2.45) is 0 Å². The van der Waals surface area contributed by atoms with Gasteiger partial charge in [-0.3, -0.25) is 4.98 Å². The highest BCUT2D eigenvalue weighted by Crippen LogP contribution is 2.29. The summed E-state index contributed by atoms with van der Waals surface area (Å²) in [5.41, 5.74) is 3.05. The van der Waals surface area contributed by atoms with E-state index in [2.05, 4.69) is 69.9 Å². The van der Waals surface area contributed by atoms with Crippen LogP contribution in [0.4, 0.5) is 0 Å². The summed E-state index contributed by atoms with van der Waals surface area (Å²) < 4.78 is 1.93. The molecule has 2 heterocycles. The molecule has 3 aromatic carbocycles. The van der Waals surface area contributed by atoms with Gasteiger partial charge in [0.25, 0.3) is 0 Å². The van der Waals surface area contributed by atoms with Gasteiger partial charge in [-0.05, 0) is 45.3 Å². The maximum absolute atomic E-state index is 4.45. The zero-order chi connectivity index (χ0) is 17.3. The smallest absolute Gasteiger partial charge is 0.107 e. The summed E-state index contributed by atoms with van der Waals surface area (Å²) in [5.74, 6) is 0. The molecule has 0 atom stereocenters. The minimum Gasteiger partial charge on any atom is -0.255 e. The lowest BCUT2D eigenvalue weighted by Crippen LogP contribution is -2.06. The summed E-state index contributed by atoms with van der Waals surface area (Å²) in [6.45, 7) is 0.647. The van der Waals surface area contributed by atoms with Gasteiger partial charge < -0.3 is 0 Å². The first-order valence-electron chi connectivity index (χ1n) is 8.59. The molecule has 5 aromatic rings. The van der Waals surface area contributed by atoms with E-state index in [1.807, 2.05) is 22.9 Å². The predicted octanol–water partition coefficient (Wildman–Crippen LogP) is 4.69. The predicted molar refractivity (Wildman–Crippen MR) is 104 cm³/mol. The van der Waals surface area contributed by atoms with Crippen LogP contribution in [0.5, 0.6) is 0 Å². The molecule has 0 unspecified atom stereocenters. The highest BCUT2D eigenvalue weighted by Gasteiger charge is 2.12. The van der Waals surface area contributed by atoms with Gasteiger partial charge in [0, 0.05) is 6.20 Å². The van der Waals surface area contributed by atoms with Crippen LogP contribution in [-0.4, -0.2) is 20.0 Å². The first-order chi connectivity index (χ1) is 12.9. The van der Waals surface area contributed by atoms with Crippen LogP contribution in [0.1, 0.15) is 5.56 Å². The molecule has 0 aliphatic heterocycles. The SMILES string of the molecule is c1ccc(-c2cnnn2Cc2c3ccccc3cc3ccccc23)nc1. The van der Waals surface area contributed by atoms with E-state index in [4.69, 9.17) is 0 Å². The van der Waals surface area contributed by atoms with E-state index in [9.17, 15) is 0 Å². The third-order valence-electron chi connectivity index (χ3n) is 4.74. The van der Waals surface area contributed by atoms with Crippen LogP contribution in [0.25, 0.3) is 32.9 Å². The minimum absolute atomic E-state index is 0.647. The number of pyridine rings is 1. The molecular weight excluding hydrogens is 320 g/mol. The van der Waals surface area contributed by atoms with Crippen LogP contribution >= 0.6 is 0 Å². The van der Waals surface area contributed by atoms with Crippen molar-refractivity contribution < 1.29 is 0 Å². The Hall–Kier alpha value is -3.53. The Bertz CT molecular complexity index is 1150.